The molecule has 0 fully saturated rings. The van der Waals surface area contributed by atoms with Gasteiger partial charge in [-0.15, -0.1) is 0 Å². The average Bonchev–Trinajstić information content (AvgIpc) is 2.75. The van der Waals surface area contributed by atoms with Gasteiger partial charge in [0.25, 0.3) is 11.8 Å². The highest BCUT2D eigenvalue weighted by atomic mass is 19.1. The summed E-state index contributed by atoms with van der Waals surface area (Å²) in [5.41, 5.74) is 5.51. The number of hydrogen-bond acceptors (Lipinski definition) is 3. The predicted molar refractivity (Wildman–Crippen MR) is 118 cm³/mol. The van der Waals surface area contributed by atoms with Crippen molar-refractivity contribution >= 4 is 17.6 Å². The lowest BCUT2D eigenvalue weighted by Gasteiger charge is -2.28. The van der Waals surface area contributed by atoms with E-state index in [2.05, 4.69) is 16.4 Å². The third kappa shape index (κ3) is 4.06. The van der Waals surface area contributed by atoms with Crippen LogP contribution in [0.15, 0.2) is 48.7 Å². The summed E-state index contributed by atoms with van der Waals surface area (Å²) in [5, 5.41) is 2.43. The molecule has 6 heteroatoms. The SMILES string of the molecule is CNC(=O)c1ccc(Cc2cc3c(cc2C)CCN(c2ccc(C)cn2)C3=O)cc1F. The highest BCUT2D eigenvalue weighted by Gasteiger charge is 2.27. The molecule has 0 bridgehead atoms. The zero-order valence-corrected chi connectivity index (χ0v) is 17.8. The Bertz CT molecular complexity index is 1170. The van der Waals surface area contributed by atoms with Crippen LogP contribution in [0.5, 0.6) is 0 Å². The van der Waals surface area contributed by atoms with Crippen molar-refractivity contribution in [3.63, 3.8) is 0 Å². The number of aromatic nitrogens is 1. The Labute approximate surface area is 180 Å². The van der Waals surface area contributed by atoms with Crippen molar-refractivity contribution in [2.45, 2.75) is 26.7 Å². The molecule has 0 saturated carbocycles. The number of fused-ring (bicyclic) bond motifs is 1. The van der Waals surface area contributed by atoms with Gasteiger partial charge in [-0.1, -0.05) is 18.2 Å². The maximum Gasteiger partial charge on any atom is 0.259 e. The number of nitrogens with one attached hydrogen (secondary N) is 1. The molecule has 158 valence electrons. The Hall–Kier alpha value is -3.54. The van der Waals surface area contributed by atoms with Crippen LogP contribution in [-0.4, -0.2) is 30.4 Å². The number of amides is 2. The van der Waals surface area contributed by atoms with Crippen LogP contribution in [0.4, 0.5) is 10.2 Å². The van der Waals surface area contributed by atoms with E-state index in [1.54, 1.807) is 17.2 Å². The molecule has 2 amide bonds. The van der Waals surface area contributed by atoms with Gasteiger partial charge in [-0.3, -0.25) is 14.5 Å². The summed E-state index contributed by atoms with van der Waals surface area (Å²) < 4.78 is 14.4. The Morgan fingerprint density at radius 2 is 1.97 bits per heavy atom. The molecule has 1 aliphatic heterocycles. The number of aryl methyl sites for hydroxylation is 2. The molecule has 3 aromatic rings. The lowest BCUT2D eigenvalue weighted by Crippen LogP contribution is -2.38. The minimum Gasteiger partial charge on any atom is -0.355 e. The molecule has 1 aliphatic rings. The van der Waals surface area contributed by atoms with Gasteiger partial charge in [0.2, 0.25) is 0 Å². The number of nitrogens with zero attached hydrogens (tertiary/aromatic N) is 2. The van der Waals surface area contributed by atoms with E-state index >= 15 is 0 Å². The van der Waals surface area contributed by atoms with Crippen molar-refractivity contribution in [2.75, 3.05) is 18.5 Å². The molecule has 0 unspecified atom stereocenters. The lowest BCUT2D eigenvalue weighted by atomic mass is 9.90. The molecule has 0 atom stereocenters. The smallest absolute Gasteiger partial charge is 0.259 e. The minimum atomic E-state index is -0.555. The average molecular weight is 417 g/mol. The molecule has 4 rings (SSSR count). The molecule has 0 radical (unpaired) electrons. The fourth-order valence-corrected chi connectivity index (χ4v) is 3.93. The van der Waals surface area contributed by atoms with E-state index in [4.69, 9.17) is 0 Å². The number of benzene rings is 2. The number of carbonyl (C=O) groups is 2. The molecular weight excluding hydrogens is 393 g/mol. The van der Waals surface area contributed by atoms with E-state index in [0.29, 0.717) is 24.3 Å². The summed E-state index contributed by atoms with van der Waals surface area (Å²) in [6.07, 6.45) is 2.99. The summed E-state index contributed by atoms with van der Waals surface area (Å²) in [7, 11) is 1.47. The third-order valence-corrected chi connectivity index (χ3v) is 5.71. The van der Waals surface area contributed by atoms with Crippen LogP contribution in [0.3, 0.4) is 0 Å². The number of halogens is 1. The Balaban J connectivity index is 1.63. The van der Waals surface area contributed by atoms with Crippen LogP contribution in [0.2, 0.25) is 0 Å². The minimum absolute atomic E-state index is 0.0184. The first-order valence-corrected chi connectivity index (χ1v) is 10.2. The van der Waals surface area contributed by atoms with Crippen LogP contribution in [-0.2, 0) is 12.8 Å². The highest BCUT2D eigenvalue weighted by molar-refractivity contribution is 6.08. The van der Waals surface area contributed by atoms with Crippen molar-refractivity contribution in [2.24, 2.45) is 0 Å². The standard InChI is InChI=1S/C25H24FN3O2/c1-15-4-7-23(28-14-15)29-9-8-18-10-16(2)19(13-21(18)25(29)31)11-17-5-6-20(22(26)12-17)24(30)27-3/h4-7,10,12-14H,8-9,11H2,1-3H3,(H,27,30). The summed E-state index contributed by atoms with van der Waals surface area (Å²) >= 11 is 0. The Morgan fingerprint density at radius 1 is 1.16 bits per heavy atom. The van der Waals surface area contributed by atoms with E-state index < -0.39 is 11.7 Å². The normalized spacial score (nSPS) is 13.2. The number of anilines is 1. The van der Waals surface area contributed by atoms with Gasteiger partial charge < -0.3 is 5.32 Å². The molecule has 1 N–H and O–H groups in total. The first-order chi connectivity index (χ1) is 14.9. The second kappa shape index (κ2) is 8.30. The van der Waals surface area contributed by atoms with Gasteiger partial charge >= 0.3 is 0 Å². The molecule has 0 spiro atoms. The number of pyridine rings is 1. The van der Waals surface area contributed by atoms with Gasteiger partial charge in [-0.2, -0.15) is 0 Å². The molecule has 2 heterocycles. The van der Waals surface area contributed by atoms with Crippen molar-refractivity contribution < 1.29 is 14.0 Å². The summed E-state index contributed by atoms with van der Waals surface area (Å²) in [6.45, 7) is 4.55. The first kappa shape index (κ1) is 20.7. The molecule has 2 aromatic carbocycles. The van der Waals surface area contributed by atoms with Crippen LogP contribution in [0, 0.1) is 19.7 Å². The van der Waals surface area contributed by atoms with Crippen molar-refractivity contribution in [1.29, 1.82) is 0 Å². The first-order valence-electron chi connectivity index (χ1n) is 10.2. The second-order valence-electron chi connectivity index (χ2n) is 7.91. The van der Waals surface area contributed by atoms with Gasteiger partial charge in [0, 0.05) is 25.4 Å². The van der Waals surface area contributed by atoms with Crippen LogP contribution >= 0.6 is 0 Å². The van der Waals surface area contributed by atoms with Gasteiger partial charge in [-0.25, -0.2) is 9.37 Å². The Kier molecular flexibility index (Phi) is 5.55. The van der Waals surface area contributed by atoms with E-state index in [1.165, 1.54) is 19.2 Å². The third-order valence-electron chi connectivity index (χ3n) is 5.71. The molecular formula is C25H24FN3O2. The van der Waals surface area contributed by atoms with Gasteiger partial charge in [0.05, 0.1) is 5.56 Å². The van der Waals surface area contributed by atoms with Crippen LogP contribution in [0.25, 0.3) is 0 Å². The van der Waals surface area contributed by atoms with Gasteiger partial charge in [0.15, 0.2) is 0 Å². The van der Waals surface area contributed by atoms with Crippen molar-refractivity contribution in [3.8, 4) is 0 Å². The molecule has 0 aliphatic carbocycles. The van der Waals surface area contributed by atoms with Crippen molar-refractivity contribution in [1.82, 2.24) is 10.3 Å². The van der Waals surface area contributed by atoms with Crippen molar-refractivity contribution in [3.05, 3.63) is 93.4 Å². The predicted octanol–water partition coefficient (Wildman–Crippen LogP) is 3.99. The fourth-order valence-electron chi connectivity index (χ4n) is 3.93. The number of hydrogen-bond donors (Lipinski definition) is 1. The second-order valence-corrected chi connectivity index (χ2v) is 7.91. The summed E-state index contributed by atoms with van der Waals surface area (Å²) in [6, 6.07) is 12.4. The van der Waals surface area contributed by atoms with E-state index in [-0.39, 0.29) is 11.5 Å². The van der Waals surface area contributed by atoms with E-state index in [0.717, 1.165) is 34.2 Å². The maximum absolute atomic E-state index is 14.4. The summed E-state index contributed by atoms with van der Waals surface area (Å²) in [5.74, 6) is -0.431. The topological polar surface area (TPSA) is 62.3 Å². The monoisotopic (exact) mass is 417 g/mol. The molecule has 31 heavy (non-hydrogen) atoms. The summed E-state index contributed by atoms with van der Waals surface area (Å²) in [4.78, 5) is 31.0. The Morgan fingerprint density at radius 3 is 2.65 bits per heavy atom. The zero-order chi connectivity index (χ0) is 22.1. The van der Waals surface area contributed by atoms with E-state index in [9.17, 15) is 14.0 Å². The fraction of sp³-hybridized carbons (Fsp3) is 0.240. The molecule has 5 nitrogen and oxygen atoms in total. The highest BCUT2D eigenvalue weighted by Crippen LogP contribution is 2.27. The number of carbonyl (C=O) groups excluding carboxylic acids is 2. The van der Waals surface area contributed by atoms with E-state index in [1.807, 2.05) is 32.0 Å². The number of rotatable bonds is 4. The molecule has 1 aromatic heterocycles. The van der Waals surface area contributed by atoms with Gasteiger partial charge in [-0.05, 0) is 78.8 Å². The van der Waals surface area contributed by atoms with Crippen LogP contribution < -0.4 is 10.2 Å². The quantitative estimate of drug-likeness (QED) is 0.698. The largest absolute Gasteiger partial charge is 0.355 e. The lowest BCUT2D eigenvalue weighted by molar-refractivity contribution is 0.0956. The van der Waals surface area contributed by atoms with Gasteiger partial charge in [0.1, 0.15) is 11.6 Å². The molecule has 0 saturated heterocycles. The maximum atomic E-state index is 14.4. The van der Waals surface area contributed by atoms with Crippen LogP contribution in [0.1, 0.15) is 48.5 Å². The zero-order valence-electron chi connectivity index (χ0n) is 17.8.